The highest BCUT2D eigenvalue weighted by molar-refractivity contribution is 5.97. The molecule has 3 amide bonds. The number of phenolic OH excluding ortho intramolecular Hbond substituents is 1. The van der Waals surface area contributed by atoms with Crippen LogP contribution in [-0.2, 0) is 16.0 Å². The van der Waals surface area contributed by atoms with E-state index in [1.54, 1.807) is 19.1 Å². The standard InChI is InChI=1S/C28H37N3O6/c1-17(2)12-13-29-27(36)23-15-20(32)16-31(23)28(37)25(34)22(14-19-8-5-4-6-9-19)30-26(35)21-10-7-11-24(33)18(21)3/h4-11,17,20,22-23,25,32-34H,12-16H2,1-3H3,(H,29,36)(H,30,35)/t20-,22+,23+,25+/m1/s1. The van der Waals surface area contributed by atoms with Gasteiger partial charge in [0.2, 0.25) is 5.91 Å². The van der Waals surface area contributed by atoms with Gasteiger partial charge in [0, 0.05) is 30.6 Å². The summed E-state index contributed by atoms with van der Waals surface area (Å²) in [5, 5.41) is 37.0. The monoisotopic (exact) mass is 511 g/mol. The molecule has 4 atom stereocenters. The van der Waals surface area contributed by atoms with E-state index in [0.29, 0.717) is 18.0 Å². The lowest BCUT2D eigenvalue weighted by atomic mass is 9.98. The third-order valence-corrected chi connectivity index (χ3v) is 6.68. The first-order valence-electron chi connectivity index (χ1n) is 12.7. The number of aromatic hydroxyl groups is 1. The van der Waals surface area contributed by atoms with E-state index in [2.05, 4.69) is 10.6 Å². The van der Waals surface area contributed by atoms with Crippen molar-refractivity contribution in [2.45, 2.75) is 64.3 Å². The zero-order valence-corrected chi connectivity index (χ0v) is 21.6. The maximum Gasteiger partial charge on any atom is 0.254 e. The highest BCUT2D eigenvalue weighted by Gasteiger charge is 2.42. The van der Waals surface area contributed by atoms with Crippen LogP contribution in [-0.4, -0.2) is 75.3 Å². The molecule has 3 rings (SSSR count). The van der Waals surface area contributed by atoms with Crippen LogP contribution in [0.4, 0.5) is 0 Å². The number of benzene rings is 2. The second-order valence-electron chi connectivity index (χ2n) is 10.0. The minimum absolute atomic E-state index is 0.0405. The number of nitrogens with zero attached hydrogens (tertiary/aromatic N) is 1. The van der Waals surface area contributed by atoms with Crippen molar-refractivity contribution < 1.29 is 29.7 Å². The number of likely N-dealkylation sites (tertiary alicyclic amines) is 1. The second-order valence-corrected chi connectivity index (χ2v) is 10.0. The van der Waals surface area contributed by atoms with Crippen LogP contribution in [0.1, 0.15) is 48.2 Å². The maximum atomic E-state index is 13.5. The van der Waals surface area contributed by atoms with Crippen molar-refractivity contribution in [1.82, 2.24) is 15.5 Å². The largest absolute Gasteiger partial charge is 0.508 e. The molecule has 0 aliphatic carbocycles. The number of rotatable bonds is 10. The highest BCUT2D eigenvalue weighted by Crippen LogP contribution is 2.22. The van der Waals surface area contributed by atoms with Gasteiger partial charge in [0.25, 0.3) is 11.8 Å². The van der Waals surface area contributed by atoms with Gasteiger partial charge >= 0.3 is 0 Å². The number of aliphatic hydroxyl groups excluding tert-OH is 2. The van der Waals surface area contributed by atoms with Gasteiger partial charge in [-0.1, -0.05) is 50.2 Å². The lowest BCUT2D eigenvalue weighted by molar-refractivity contribution is -0.146. The zero-order valence-electron chi connectivity index (χ0n) is 21.6. The Balaban J connectivity index is 1.81. The van der Waals surface area contributed by atoms with E-state index in [9.17, 15) is 29.7 Å². The number of nitrogens with one attached hydrogen (secondary N) is 2. The summed E-state index contributed by atoms with van der Waals surface area (Å²) in [4.78, 5) is 40.6. The predicted molar refractivity (Wildman–Crippen MR) is 139 cm³/mol. The van der Waals surface area contributed by atoms with Crippen LogP contribution in [0.15, 0.2) is 48.5 Å². The van der Waals surface area contributed by atoms with Gasteiger partial charge in [-0.15, -0.1) is 0 Å². The lowest BCUT2D eigenvalue weighted by Crippen LogP contribution is -2.56. The first kappa shape index (κ1) is 28.1. The lowest BCUT2D eigenvalue weighted by Gasteiger charge is -2.30. The SMILES string of the molecule is Cc1c(O)cccc1C(=O)N[C@@H](Cc1ccccc1)[C@H](O)C(=O)N1C[C@H](O)C[C@H]1C(=O)NCCC(C)C. The molecular weight excluding hydrogens is 474 g/mol. The Morgan fingerprint density at radius 3 is 2.46 bits per heavy atom. The fourth-order valence-electron chi connectivity index (χ4n) is 4.47. The number of hydrogen-bond acceptors (Lipinski definition) is 6. The van der Waals surface area contributed by atoms with E-state index >= 15 is 0 Å². The van der Waals surface area contributed by atoms with Gasteiger partial charge in [0.1, 0.15) is 11.8 Å². The molecule has 37 heavy (non-hydrogen) atoms. The van der Waals surface area contributed by atoms with E-state index in [0.717, 1.165) is 12.0 Å². The summed E-state index contributed by atoms with van der Waals surface area (Å²) in [7, 11) is 0. The number of carbonyl (C=O) groups excluding carboxylic acids is 3. The minimum Gasteiger partial charge on any atom is -0.508 e. The molecule has 9 heteroatoms. The Morgan fingerprint density at radius 1 is 1.08 bits per heavy atom. The van der Waals surface area contributed by atoms with Crippen molar-refractivity contribution in [2.75, 3.05) is 13.1 Å². The van der Waals surface area contributed by atoms with Crippen molar-refractivity contribution >= 4 is 17.7 Å². The maximum absolute atomic E-state index is 13.5. The summed E-state index contributed by atoms with van der Waals surface area (Å²) in [6.07, 6.45) is -1.56. The van der Waals surface area contributed by atoms with Gasteiger partial charge in [-0.2, -0.15) is 0 Å². The average Bonchev–Trinajstić information content (AvgIpc) is 3.26. The fourth-order valence-corrected chi connectivity index (χ4v) is 4.47. The molecule has 0 spiro atoms. The van der Waals surface area contributed by atoms with E-state index in [4.69, 9.17) is 0 Å². The van der Waals surface area contributed by atoms with Crippen LogP contribution in [0.5, 0.6) is 5.75 Å². The van der Waals surface area contributed by atoms with Crippen LogP contribution in [0.3, 0.4) is 0 Å². The number of carbonyl (C=O) groups is 3. The predicted octanol–water partition coefficient (Wildman–Crippen LogP) is 1.53. The van der Waals surface area contributed by atoms with Crippen molar-refractivity contribution in [3.05, 3.63) is 65.2 Å². The van der Waals surface area contributed by atoms with Crippen LogP contribution >= 0.6 is 0 Å². The Bertz CT molecular complexity index is 1090. The number of hydrogen-bond donors (Lipinski definition) is 5. The third-order valence-electron chi connectivity index (χ3n) is 6.68. The molecule has 9 nitrogen and oxygen atoms in total. The molecule has 1 aliphatic heterocycles. The molecule has 0 radical (unpaired) electrons. The Hall–Kier alpha value is -3.43. The zero-order chi connectivity index (χ0) is 27.1. The first-order valence-corrected chi connectivity index (χ1v) is 12.7. The van der Waals surface area contributed by atoms with Gasteiger partial charge in [-0.25, -0.2) is 0 Å². The van der Waals surface area contributed by atoms with Crippen LogP contribution in [0, 0.1) is 12.8 Å². The molecule has 1 aliphatic rings. The smallest absolute Gasteiger partial charge is 0.254 e. The van der Waals surface area contributed by atoms with Gasteiger partial charge in [0.15, 0.2) is 6.10 Å². The minimum atomic E-state index is -1.67. The molecule has 2 aromatic rings. The number of β-amino-alcohol motifs (C(OH)–C–C–N with tert-alkyl or cyclic N) is 1. The number of phenols is 1. The Labute approximate surface area is 217 Å². The van der Waals surface area contributed by atoms with E-state index in [1.807, 2.05) is 44.2 Å². The summed E-state index contributed by atoms with van der Waals surface area (Å²) in [5.41, 5.74) is 1.38. The summed E-state index contributed by atoms with van der Waals surface area (Å²) in [5.74, 6) is -1.32. The highest BCUT2D eigenvalue weighted by atomic mass is 16.3. The molecule has 1 saturated heterocycles. The van der Waals surface area contributed by atoms with Crippen molar-refractivity contribution in [2.24, 2.45) is 5.92 Å². The van der Waals surface area contributed by atoms with E-state index in [-0.39, 0.29) is 36.6 Å². The summed E-state index contributed by atoms with van der Waals surface area (Å²) in [6.45, 7) is 6.04. The van der Waals surface area contributed by atoms with E-state index < -0.39 is 36.1 Å². The summed E-state index contributed by atoms with van der Waals surface area (Å²) < 4.78 is 0. The van der Waals surface area contributed by atoms with Gasteiger partial charge in [-0.05, 0) is 43.4 Å². The molecule has 1 heterocycles. The molecule has 200 valence electrons. The Kier molecular flexibility index (Phi) is 9.66. The van der Waals surface area contributed by atoms with Crippen molar-refractivity contribution in [3.8, 4) is 5.75 Å². The summed E-state index contributed by atoms with van der Waals surface area (Å²) in [6, 6.07) is 11.7. The number of amides is 3. The number of aliphatic hydroxyl groups is 2. The molecule has 0 bridgehead atoms. The Morgan fingerprint density at radius 2 is 1.78 bits per heavy atom. The molecule has 0 aromatic heterocycles. The molecule has 2 aromatic carbocycles. The molecule has 1 fully saturated rings. The topological polar surface area (TPSA) is 139 Å². The first-order chi connectivity index (χ1) is 17.6. The molecule has 0 saturated carbocycles. The molecule has 5 N–H and O–H groups in total. The fraction of sp³-hybridized carbons (Fsp3) is 0.464. The van der Waals surface area contributed by atoms with Crippen molar-refractivity contribution in [1.29, 1.82) is 0 Å². The molecule has 0 unspecified atom stereocenters. The van der Waals surface area contributed by atoms with Crippen LogP contribution in [0.2, 0.25) is 0 Å². The normalized spacial score (nSPS) is 18.9. The molecular formula is C28H37N3O6. The van der Waals surface area contributed by atoms with Gasteiger partial charge < -0.3 is 30.9 Å². The van der Waals surface area contributed by atoms with Crippen LogP contribution in [0.25, 0.3) is 0 Å². The van der Waals surface area contributed by atoms with E-state index in [1.165, 1.54) is 11.0 Å². The van der Waals surface area contributed by atoms with Gasteiger partial charge in [0.05, 0.1) is 12.1 Å². The quantitative estimate of drug-likeness (QED) is 0.328. The second kappa shape index (κ2) is 12.7. The third kappa shape index (κ3) is 7.30. The van der Waals surface area contributed by atoms with Crippen molar-refractivity contribution in [3.63, 3.8) is 0 Å². The average molecular weight is 512 g/mol. The summed E-state index contributed by atoms with van der Waals surface area (Å²) >= 11 is 0. The van der Waals surface area contributed by atoms with Crippen LogP contribution < -0.4 is 10.6 Å². The van der Waals surface area contributed by atoms with Gasteiger partial charge in [-0.3, -0.25) is 14.4 Å².